The highest BCUT2D eigenvalue weighted by atomic mass is 16.5. The predicted octanol–water partition coefficient (Wildman–Crippen LogP) is 2.65. The van der Waals surface area contributed by atoms with Crippen LogP contribution in [0.1, 0.15) is 30.9 Å². The lowest BCUT2D eigenvalue weighted by Crippen LogP contribution is -2.32. The Morgan fingerprint density at radius 3 is 2.17 bits per heavy atom. The number of nitrogens with one attached hydrogen (secondary N) is 1. The molecule has 0 saturated heterocycles. The molecule has 0 radical (unpaired) electrons. The van der Waals surface area contributed by atoms with Gasteiger partial charge in [-0.1, -0.05) is 48.5 Å². The molecule has 7 heteroatoms. The summed E-state index contributed by atoms with van der Waals surface area (Å²) >= 11 is 0. The van der Waals surface area contributed by atoms with Crippen molar-refractivity contribution in [1.82, 2.24) is 5.32 Å². The third kappa shape index (κ3) is 5.25. The van der Waals surface area contributed by atoms with Crippen molar-refractivity contribution < 1.29 is 29.3 Å². The monoisotopic (exact) mass is 411 g/mol. The van der Waals surface area contributed by atoms with Crippen LogP contribution in [0.5, 0.6) is 0 Å². The Kier molecular flexibility index (Phi) is 6.54. The van der Waals surface area contributed by atoms with E-state index in [1.54, 1.807) is 0 Å². The first-order chi connectivity index (χ1) is 14.3. The van der Waals surface area contributed by atoms with Crippen LogP contribution in [0.2, 0.25) is 0 Å². The van der Waals surface area contributed by atoms with Gasteiger partial charge in [0.05, 0.1) is 12.2 Å². The van der Waals surface area contributed by atoms with E-state index in [1.165, 1.54) is 13.8 Å². The summed E-state index contributed by atoms with van der Waals surface area (Å²) in [4.78, 5) is 23.4. The summed E-state index contributed by atoms with van der Waals surface area (Å²) in [6, 6.07) is 16.2. The first-order valence-electron chi connectivity index (χ1n) is 9.59. The molecule has 0 heterocycles. The molecule has 2 aromatic rings. The summed E-state index contributed by atoms with van der Waals surface area (Å²) in [6.45, 7) is 2.93. The van der Waals surface area contributed by atoms with Crippen molar-refractivity contribution in [1.29, 1.82) is 0 Å². The second kappa shape index (κ2) is 9.11. The van der Waals surface area contributed by atoms with Crippen molar-refractivity contribution in [3.8, 4) is 11.1 Å². The van der Waals surface area contributed by atoms with Crippen molar-refractivity contribution in [3.05, 3.63) is 71.6 Å². The molecule has 0 spiro atoms. The smallest absolute Gasteiger partial charge is 0.355 e. The zero-order valence-electron chi connectivity index (χ0n) is 16.9. The highest BCUT2D eigenvalue weighted by molar-refractivity contribution is 5.92. The molecular weight excluding hydrogens is 386 g/mol. The van der Waals surface area contributed by atoms with Crippen LogP contribution in [0.3, 0.4) is 0 Å². The van der Waals surface area contributed by atoms with Gasteiger partial charge >= 0.3 is 5.97 Å². The van der Waals surface area contributed by atoms with Gasteiger partial charge in [-0.3, -0.25) is 4.79 Å². The minimum Gasteiger partial charge on any atom is -0.496 e. The normalized spacial score (nSPS) is 13.5. The summed E-state index contributed by atoms with van der Waals surface area (Å²) in [7, 11) is 0. The number of benzene rings is 2. The molecule has 158 valence electrons. The van der Waals surface area contributed by atoms with Gasteiger partial charge in [-0.05, 0) is 36.1 Å². The first-order valence-corrected chi connectivity index (χ1v) is 9.59. The zero-order valence-corrected chi connectivity index (χ0v) is 16.9. The lowest BCUT2D eigenvalue weighted by molar-refractivity contribution is -0.135. The third-order valence-electron chi connectivity index (χ3n) is 4.62. The summed E-state index contributed by atoms with van der Waals surface area (Å²) in [6.07, 6.45) is 0.904. The molecule has 0 unspecified atom stereocenters. The van der Waals surface area contributed by atoms with Gasteiger partial charge in [0, 0.05) is 5.92 Å². The Bertz CT molecular complexity index is 915. The maximum atomic E-state index is 12.1. The maximum absolute atomic E-state index is 12.1. The quantitative estimate of drug-likeness (QED) is 0.433. The number of aliphatic carboxylic acids is 1. The van der Waals surface area contributed by atoms with E-state index < -0.39 is 23.2 Å². The number of hydrogen-bond donors (Lipinski definition) is 3. The molecule has 3 rings (SSSR count). The number of hydrogen-bond acceptors (Lipinski definition) is 5. The second-order valence-electron chi connectivity index (χ2n) is 7.75. The Morgan fingerprint density at radius 2 is 1.63 bits per heavy atom. The van der Waals surface area contributed by atoms with Crippen LogP contribution in [0, 0.1) is 0 Å². The molecule has 0 aromatic heterocycles. The van der Waals surface area contributed by atoms with Crippen LogP contribution >= 0.6 is 0 Å². The van der Waals surface area contributed by atoms with Crippen LogP contribution < -0.4 is 5.32 Å². The first kappa shape index (κ1) is 21.5. The molecule has 1 aliphatic carbocycles. The van der Waals surface area contributed by atoms with Crippen LogP contribution in [0.15, 0.2) is 60.5 Å². The molecule has 3 N–H and O–H groups in total. The number of carboxylic acid groups (broad SMARTS) is 1. The van der Waals surface area contributed by atoms with Gasteiger partial charge in [-0.25, -0.2) is 4.79 Å². The van der Waals surface area contributed by atoms with Crippen molar-refractivity contribution in [2.45, 2.75) is 25.4 Å². The van der Waals surface area contributed by atoms with Gasteiger partial charge in [0.2, 0.25) is 0 Å². The van der Waals surface area contributed by atoms with E-state index in [9.17, 15) is 19.8 Å². The SMILES string of the molecule is CC(C)(O)CO/C=C(/NC(=O)COCC1c2ccccc2-c2ccccc21)C(=O)O. The topological polar surface area (TPSA) is 105 Å². The number of fused-ring (bicyclic) bond motifs is 3. The molecule has 0 saturated carbocycles. The summed E-state index contributed by atoms with van der Waals surface area (Å²) in [5.74, 6) is -1.94. The van der Waals surface area contributed by atoms with Crippen molar-refractivity contribution >= 4 is 11.9 Å². The van der Waals surface area contributed by atoms with E-state index in [-0.39, 0.29) is 19.1 Å². The van der Waals surface area contributed by atoms with E-state index >= 15 is 0 Å². The van der Waals surface area contributed by atoms with E-state index in [4.69, 9.17) is 9.47 Å². The Hall–Kier alpha value is -3.16. The van der Waals surface area contributed by atoms with Crippen molar-refractivity contribution in [2.75, 3.05) is 19.8 Å². The number of carbonyl (C=O) groups is 2. The maximum Gasteiger partial charge on any atom is 0.355 e. The van der Waals surface area contributed by atoms with E-state index in [0.717, 1.165) is 28.5 Å². The lowest BCUT2D eigenvalue weighted by Gasteiger charge is -2.16. The fraction of sp³-hybridized carbons (Fsp3) is 0.304. The van der Waals surface area contributed by atoms with E-state index in [1.807, 2.05) is 24.3 Å². The predicted molar refractivity (Wildman–Crippen MR) is 111 cm³/mol. The number of carbonyl (C=O) groups excluding carboxylic acids is 1. The van der Waals surface area contributed by atoms with E-state index in [0.29, 0.717) is 6.61 Å². The van der Waals surface area contributed by atoms with Crippen LogP contribution in [0.25, 0.3) is 11.1 Å². The van der Waals surface area contributed by atoms with Crippen molar-refractivity contribution in [3.63, 3.8) is 0 Å². The summed E-state index contributed by atoms with van der Waals surface area (Å²) < 4.78 is 10.7. The van der Waals surface area contributed by atoms with E-state index in [2.05, 4.69) is 29.6 Å². The highest BCUT2D eigenvalue weighted by Gasteiger charge is 2.28. The number of rotatable bonds is 9. The Labute approximate surface area is 174 Å². The number of aliphatic hydroxyl groups is 1. The van der Waals surface area contributed by atoms with Crippen LogP contribution in [0.4, 0.5) is 0 Å². The van der Waals surface area contributed by atoms with Crippen LogP contribution in [-0.4, -0.2) is 47.5 Å². The van der Waals surface area contributed by atoms with Gasteiger partial charge < -0.3 is 25.0 Å². The minimum atomic E-state index is -1.35. The average Bonchev–Trinajstić information content (AvgIpc) is 3.00. The molecular formula is C23H25NO6. The average molecular weight is 411 g/mol. The summed E-state index contributed by atoms with van der Waals surface area (Å²) in [5.41, 5.74) is 3.05. The fourth-order valence-electron chi connectivity index (χ4n) is 3.36. The van der Waals surface area contributed by atoms with Gasteiger partial charge in [0.1, 0.15) is 19.5 Å². The van der Waals surface area contributed by atoms with Crippen LogP contribution in [-0.2, 0) is 19.1 Å². The highest BCUT2D eigenvalue weighted by Crippen LogP contribution is 2.44. The molecule has 2 aromatic carbocycles. The minimum absolute atomic E-state index is 0.00908. The molecule has 0 atom stereocenters. The zero-order chi connectivity index (χ0) is 21.7. The fourth-order valence-corrected chi connectivity index (χ4v) is 3.36. The number of ether oxygens (including phenoxy) is 2. The Morgan fingerprint density at radius 1 is 1.07 bits per heavy atom. The molecule has 7 nitrogen and oxygen atoms in total. The summed E-state index contributed by atoms with van der Waals surface area (Å²) in [5, 5.41) is 21.1. The molecule has 1 aliphatic rings. The van der Waals surface area contributed by atoms with Gasteiger partial charge in [-0.15, -0.1) is 0 Å². The molecule has 0 bridgehead atoms. The van der Waals surface area contributed by atoms with Crippen molar-refractivity contribution in [2.24, 2.45) is 0 Å². The van der Waals surface area contributed by atoms with Gasteiger partial charge in [-0.2, -0.15) is 0 Å². The standard InChI is InChI=1S/C23H25NO6/c1-23(2,28)14-30-12-20(22(26)27)24-21(25)13-29-11-19-17-9-5-3-7-15(17)16-8-4-6-10-18(16)19/h3-10,12,19,28H,11,13-14H2,1-2H3,(H,24,25)(H,26,27)/b20-12+. The third-order valence-corrected chi connectivity index (χ3v) is 4.62. The molecule has 0 aliphatic heterocycles. The van der Waals surface area contributed by atoms with Gasteiger partial charge in [0.15, 0.2) is 5.70 Å². The second-order valence-corrected chi connectivity index (χ2v) is 7.75. The molecule has 1 amide bonds. The Balaban J connectivity index is 1.58. The lowest BCUT2D eigenvalue weighted by atomic mass is 9.98. The number of carboxylic acids is 1. The molecule has 0 fully saturated rings. The largest absolute Gasteiger partial charge is 0.496 e. The van der Waals surface area contributed by atoms with Gasteiger partial charge in [0.25, 0.3) is 5.91 Å². The number of amides is 1. The molecule has 30 heavy (non-hydrogen) atoms.